The molecule has 1 N–H and O–H groups in total. The van der Waals surface area contributed by atoms with Crippen LogP contribution in [0.3, 0.4) is 0 Å². The number of aryl methyl sites for hydroxylation is 2. The van der Waals surface area contributed by atoms with Gasteiger partial charge in [-0.25, -0.2) is 0 Å². The third kappa shape index (κ3) is 4.76. The van der Waals surface area contributed by atoms with Gasteiger partial charge in [-0.3, -0.25) is 14.4 Å². The van der Waals surface area contributed by atoms with E-state index < -0.39 is 23.8 Å². The number of halogens is 1. The van der Waals surface area contributed by atoms with Crippen LogP contribution in [0.25, 0.3) is 0 Å². The molecule has 1 amide bonds. The Morgan fingerprint density at radius 3 is 2.08 bits per heavy atom. The van der Waals surface area contributed by atoms with Crippen molar-refractivity contribution in [3.05, 3.63) is 63.6 Å². The van der Waals surface area contributed by atoms with Crippen molar-refractivity contribution >= 4 is 39.3 Å². The average molecular weight is 404 g/mol. The number of anilines is 1. The number of ether oxygens (including phenoxy) is 1. The molecule has 0 aliphatic carbocycles. The first kappa shape index (κ1) is 18.9. The van der Waals surface area contributed by atoms with Crippen molar-refractivity contribution in [3.63, 3.8) is 0 Å². The second kappa shape index (κ2) is 8.07. The number of carbonyl (C=O) groups is 3. The fourth-order valence-corrected chi connectivity index (χ4v) is 2.62. The number of ketones is 1. The molecule has 0 saturated carbocycles. The average Bonchev–Trinajstić information content (AvgIpc) is 2.56. The molecule has 0 aliphatic heterocycles. The van der Waals surface area contributed by atoms with Gasteiger partial charge >= 0.3 is 5.97 Å². The topological polar surface area (TPSA) is 72.5 Å². The van der Waals surface area contributed by atoms with Crippen LogP contribution >= 0.6 is 15.9 Å². The highest BCUT2D eigenvalue weighted by atomic mass is 79.9. The molecule has 25 heavy (non-hydrogen) atoms. The minimum absolute atomic E-state index is 0.283. The Balaban J connectivity index is 2.30. The van der Waals surface area contributed by atoms with E-state index in [0.717, 1.165) is 22.5 Å². The molecular formula is C19H18BrNO4. The molecule has 0 aromatic heterocycles. The number of rotatable bonds is 5. The monoisotopic (exact) mass is 403 g/mol. The largest absolute Gasteiger partial charge is 0.444 e. The molecule has 130 valence electrons. The predicted octanol–water partition coefficient (Wildman–Crippen LogP) is 3.82. The van der Waals surface area contributed by atoms with E-state index >= 15 is 0 Å². The zero-order valence-corrected chi connectivity index (χ0v) is 15.7. The number of esters is 1. The number of carbonyl (C=O) groups excluding carboxylic acids is 3. The molecule has 0 heterocycles. The van der Waals surface area contributed by atoms with Crippen molar-refractivity contribution in [2.24, 2.45) is 0 Å². The van der Waals surface area contributed by atoms with Gasteiger partial charge in [0.2, 0.25) is 11.9 Å². The van der Waals surface area contributed by atoms with E-state index in [9.17, 15) is 14.4 Å². The van der Waals surface area contributed by atoms with Crippen molar-refractivity contribution in [3.8, 4) is 0 Å². The van der Waals surface area contributed by atoms with Gasteiger partial charge in [-0.05, 0) is 37.1 Å². The maximum atomic E-state index is 12.6. The first-order valence-electron chi connectivity index (χ1n) is 7.63. The van der Waals surface area contributed by atoms with Gasteiger partial charge in [0, 0.05) is 22.6 Å². The molecule has 6 heteroatoms. The van der Waals surface area contributed by atoms with E-state index in [-0.39, 0.29) is 5.56 Å². The molecule has 1 unspecified atom stereocenters. The molecule has 0 aliphatic rings. The number of para-hydroxylation sites is 1. The molecular weight excluding hydrogens is 386 g/mol. The summed E-state index contributed by atoms with van der Waals surface area (Å²) in [6.45, 7) is 4.86. The smallest absolute Gasteiger partial charge is 0.303 e. The van der Waals surface area contributed by atoms with Crippen LogP contribution in [0, 0.1) is 13.8 Å². The van der Waals surface area contributed by atoms with Gasteiger partial charge < -0.3 is 10.1 Å². The van der Waals surface area contributed by atoms with E-state index in [0.29, 0.717) is 5.69 Å². The number of amides is 1. The molecule has 0 fully saturated rings. The fraction of sp³-hybridized carbons (Fsp3) is 0.211. The second-order valence-electron chi connectivity index (χ2n) is 5.62. The van der Waals surface area contributed by atoms with Crippen LogP contribution in [0.5, 0.6) is 0 Å². The van der Waals surface area contributed by atoms with Gasteiger partial charge in [0.05, 0.1) is 0 Å². The summed E-state index contributed by atoms with van der Waals surface area (Å²) >= 11 is 3.29. The normalized spacial score (nSPS) is 11.5. The lowest BCUT2D eigenvalue weighted by Crippen LogP contribution is -2.39. The number of hydrogen-bond donors (Lipinski definition) is 1. The van der Waals surface area contributed by atoms with Crippen molar-refractivity contribution in [1.82, 2.24) is 0 Å². The summed E-state index contributed by atoms with van der Waals surface area (Å²) in [6, 6.07) is 12.1. The number of nitrogens with one attached hydrogen (secondary N) is 1. The molecule has 0 spiro atoms. The summed E-state index contributed by atoms with van der Waals surface area (Å²) in [5, 5.41) is 2.70. The fourth-order valence-electron chi connectivity index (χ4n) is 2.36. The van der Waals surface area contributed by atoms with Gasteiger partial charge in [0.25, 0.3) is 5.91 Å². The highest BCUT2D eigenvalue weighted by Gasteiger charge is 2.31. The summed E-state index contributed by atoms with van der Waals surface area (Å²) in [6.07, 6.45) is -1.54. The Morgan fingerprint density at radius 2 is 1.56 bits per heavy atom. The minimum atomic E-state index is -1.54. The van der Waals surface area contributed by atoms with Gasteiger partial charge in [0.1, 0.15) is 0 Å². The maximum Gasteiger partial charge on any atom is 0.303 e. The zero-order valence-electron chi connectivity index (χ0n) is 14.1. The van der Waals surface area contributed by atoms with Gasteiger partial charge in [-0.2, -0.15) is 0 Å². The van der Waals surface area contributed by atoms with Crippen molar-refractivity contribution in [1.29, 1.82) is 0 Å². The van der Waals surface area contributed by atoms with E-state index in [2.05, 4.69) is 21.2 Å². The summed E-state index contributed by atoms with van der Waals surface area (Å²) < 4.78 is 5.80. The van der Waals surface area contributed by atoms with Crippen molar-refractivity contribution in [2.45, 2.75) is 26.9 Å². The van der Waals surface area contributed by atoms with Crippen LogP contribution in [-0.4, -0.2) is 23.8 Å². The zero-order chi connectivity index (χ0) is 18.6. The van der Waals surface area contributed by atoms with Crippen LogP contribution in [-0.2, 0) is 14.3 Å². The predicted molar refractivity (Wildman–Crippen MR) is 98.6 cm³/mol. The second-order valence-corrected chi connectivity index (χ2v) is 6.53. The summed E-state index contributed by atoms with van der Waals surface area (Å²) in [5.41, 5.74) is 2.59. The SMILES string of the molecule is CC(=O)OC(C(=O)Nc1c(C)cccc1C)C(=O)c1ccc(Br)cc1. The Hall–Kier alpha value is -2.47. The van der Waals surface area contributed by atoms with Crippen molar-refractivity contribution in [2.75, 3.05) is 5.32 Å². The summed E-state index contributed by atoms with van der Waals surface area (Å²) in [5.74, 6) is -1.96. The molecule has 2 rings (SSSR count). The number of benzene rings is 2. The molecule has 0 saturated heterocycles. The Labute approximate surface area is 154 Å². The number of hydrogen-bond acceptors (Lipinski definition) is 4. The quantitative estimate of drug-likeness (QED) is 0.467. The maximum absolute atomic E-state index is 12.6. The Morgan fingerprint density at radius 1 is 1.00 bits per heavy atom. The Bertz CT molecular complexity index is 794. The molecule has 2 aromatic rings. The lowest BCUT2D eigenvalue weighted by atomic mass is 10.0. The molecule has 2 aromatic carbocycles. The van der Waals surface area contributed by atoms with E-state index in [1.54, 1.807) is 24.3 Å². The van der Waals surface area contributed by atoms with Crippen LogP contribution < -0.4 is 5.32 Å². The van der Waals surface area contributed by atoms with Gasteiger partial charge in [-0.15, -0.1) is 0 Å². The first-order chi connectivity index (χ1) is 11.8. The van der Waals surface area contributed by atoms with Crippen LogP contribution in [0.2, 0.25) is 0 Å². The highest BCUT2D eigenvalue weighted by molar-refractivity contribution is 9.10. The van der Waals surface area contributed by atoms with E-state index in [4.69, 9.17) is 4.74 Å². The van der Waals surface area contributed by atoms with E-state index in [1.807, 2.05) is 32.0 Å². The summed E-state index contributed by atoms with van der Waals surface area (Å²) in [4.78, 5) is 36.6. The van der Waals surface area contributed by atoms with Gasteiger partial charge in [0.15, 0.2) is 0 Å². The minimum Gasteiger partial charge on any atom is -0.444 e. The molecule has 0 bridgehead atoms. The third-order valence-corrected chi connectivity index (χ3v) is 4.15. The van der Waals surface area contributed by atoms with E-state index in [1.165, 1.54) is 0 Å². The molecule has 1 atom stereocenters. The standard InChI is InChI=1S/C19H18BrNO4/c1-11-5-4-6-12(2)16(11)21-19(24)18(25-13(3)22)17(23)14-7-9-15(20)10-8-14/h4-10,18H,1-3H3,(H,21,24). The summed E-state index contributed by atoms with van der Waals surface area (Å²) in [7, 11) is 0. The number of Topliss-reactive ketones (excluding diaryl/α,β-unsaturated/α-hetero) is 1. The lowest BCUT2D eigenvalue weighted by Gasteiger charge is -2.18. The van der Waals surface area contributed by atoms with Crippen LogP contribution in [0.1, 0.15) is 28.4 Å². The Kier molecular flexibility index (Phi) is 6.09. The molecule has 5 nitrogen and oxygen atoms in total. The highest BCUT2D eigenvalue weighted by Crippen LogP contribution is 2.21. The van der Waals surface area contributed by atoms with Gasteiger partial charge in [-0.1, -0.05) is 46.3 Å². The molecule has 0 radical (unpaired) electrons. The first-order valence-corrected chi connectivity index (χ1v) is 8.43. The van der Waals surface area contributed by atoms with Crippen LogP contribution in [0.4, 0.5) is 5.69 Å². The lowest BCUT2D eigenvalue weighted by molar-refractivity contribution is -0.149. The van der Waals surface area contributed by atoms with Crippen molar-refractivity contribution < 1.29 is 19.1 Å². The van der Waals surface area contributed by atoms with Crippen LogP contribution in [0.15, 0.2) is 46.9 Å². The third-order valence-electron chi connectivity index (χ3n) is 3.62.